The van der Waals surface area contributed by atoms with Gasteiger partial charge in [0.2, 0.25) is 11.8 Å². The van der Waals surface area contributed by atoms with E-state index >= 15 is 0 Å². The van der Waals surface area contributed by atoms with E-state index in [1.807, 2.05) is 0 Å². The molecule has 4 fully saturated rings. The molecule has 4 aliphatic rings. The first-order valence-electron chi connectivity index (χ1n) is 18.5. The van der Waals surface area contributed by atoms with Gasteiger partial charge in [-0.1, -0.05) is 63.8 Å². The van der Waals surface area contributed by atoms with Crippen LogP contribution in [0.4, 0.5) is 13.2 Å². The number of esters is 2. The summed E-state index contributed by atoms with van der Waals surface area (Å²) in [5.41, 5.74) is -0.527. The summed E-state index contributed by atoms with van der Waals surface area (Å²) in [4.78, 5) is 59.4. The lowest BCUT2D eigenvalue weighted by Gasteiger charge is -2.48. The number of hydrogen-bond donors (Lipinski definition) is 3. The van der Waals surface area contributed by atoms with E-state index in [-0.39, 0.29) is 45.0 Å². The maximum Gasteiger partial charge on any atom is 0.422 e. The standard InChI is InChI=1S/C37H50F3N3O10/c1-3-5-9-16-35(17-10-6-4-2)51-29-26-21-36(34(48)42-18-15-27(45)41-19-20-44)31(33(47)50-26)43(53-32(36)30(29)52-35)22-25-12-8-7-11-24(25)13-14-28(46)49-23-37(38,39)40/h7-8,11-14,26,29-32,44H,3-6,9-10,15-23H2,1-2H3,(H,41,45)(H,42,48)/t26-,29+,30+,31-,32-,36-/m1/s1. The normalized spacial score (nSPS) is 27.4. The molecule has 1 aromatic rings. The van der Waals surface area contributed by atoms with Crippen LogP contribution in [0.25, 0.3) is 6.08 Å². The third-order valence-electron chi connectivity index (χ3n) is 10.2. The summed E-state index contributed by atoms with van der Waals surface area (Å²) in [6.45, 7) is 2.21. The van der Waals surface area contributed by atoms with Crippen LogP contribution in [0.5, 0.6) is 0 Å². The van der Waals surface area contributed by atoms with Gasteiger partial charge in [0.05, 0.1) is 13.2 Å². The van der Waals surface area contributed by atoms with Gasteiger partial charge in [0, 0.05) is 44.8 Å². The number of alkyl halides is 3. The molecule has 3 aliphatic heterocycles. The molecule has 3 saturated heterocycles. The first kappa shape index (κ1) is 40.6. The second-order valence-corrected chi connectivity index (χ2v) is 14.0. The van der Waals surface area contributed by atoms with Crippen molar-refractivity contribution in [3.05, 3.63) is 41.5 Å². The van der Waals surface area contributed by atoms with E-state index in [2.05, 4.69) is 29.2 Å². The summed E-state index contributed by atoms with van der Waals surface area (Å²) >= 11 is 0. The number of nitrogens with zero attached hydrogens (tertiary/aromatic N) is 1. The maximum absolute atomic E-state index is 14.4. The highest BCUT2D eigenvalue weighted by atomic mass is 19.4. The molecule has 3 N–H and O–H groups in total. The summed E-state index contributed by atoms with van der Waals surface area (Å²) < 4.78 is 61.7. The van der Waals surface area contributed by atoms with Crippen LogP contribution >= 0.6 is 0 Å². The molecular weight excluding hydrogens is 703 g/mol. The third kappa shape index (κ3) is 9.39. The number of aliphatic hydroxyl groups is 1. The maximum atomic E-state index is 14.4. The van der Waals surface area contributed by atoms with Crippen molar-refractivity contribution in [2.45, 2.75) is 127 Å². The van der Waals surface area contributed by atoms with Crippen molar-refractivity contribution in [3.8, 4) is 0 Å². The Morgan fingerprint density at radius 2 is 1.72 bits per heavy atom. The Kier molecular flexibility index (Phi) is 13.6. The zero-order valence-electron chi connectivity index (χ0n) is 30.2. The number of carbonyl (C=O) groups is 4. The van der Waals surface area contributed by atoms with Crippen LogP contribution in [0.15, 0.2) is 30.3 Å². The lowest BCUT2D eigenvalue weighted by molar-refractivity contribution is -0.224. The number of hydrogen-bond acceptors (Lipinski definition) is 11. The van der Waals surface area contributed by atoms with Crippen LogP contribution in [0.2, 0.25) is 0 Å². The number of carbonyl (C=O) groups excluding carboxylic acids is 4. The van der Waals surface area contributed by atoms with Gasteiger partial charge in [0.15, 0.2) is 18.4 Å². The molecule has 1 aromatic carbocycles. The lowest BCUT2D eigenvalue weighted by Crippen LogP contribution is -2.69. The van der Waals surface area contributed by atoms with Crippen LogP contribution in [0.1, 0.15) is 89.2 Å². The monoisotopic (exact) mass is 753 g/mol. The zero-order chi connectivity index (χ0) is 38.2. The first-order valence-corrected chi connectivity index (χ1v) is 18.5. The number of fused-ring (bicyclic) bond motifs is 4. The molecule has 3 heterocycles. The number of aliphatic hydroxyl groups excluding tert-OH is 1. The fraction of sp³-hybridized carbons (Fsp3) is 0.676. The van der Waals surface area contributed by atoms with Crippen molar-refractivity contribution in [1.82, 2.24) is 15.7 Å². The van der Waals surface area contributed by atoms with Gasteiger partial charge >= 0.3 is 18.1 Å². The van der Waals surface area contributed by atoms with Gasteiger partial charge in [0.1, 0.15) is 29.8 Å². The van der Waals surface area contributed by atoms with Gasteiger partial charge in [-0.2, -0.15) is 18.2 Å². The number of ether oxygens (including phenoxy) is 4. The number of hydroxylamine groups is 2. The number of halogens is 3. The van der Waals surface area contributed by atoms with Crippen molar-refractivity contribution in [2.24, 2.45) is 5.41 Å². The van der Waals surface area contributed by atoms with E-state index in [1.165, 1.54) is 11.1 Å². The lowest BCUT2D eigenvalue weighted by atomic mass is 9.62. The molecule has 0 aromatic heterocycles. The van der Waals surface area contributed by atoms with Crippen molar-refractivity contribution in [3.63, 3.8) is 0 Å². The molecule has 0 radical (unpaired) electrons. The molecule has 1 saturated carbocycles. The average molecular weight is 754 g/mol. The van der Waals surface area contributed by atoms with Gasteiger partial charge in [0.25, 0.3) is 0 Å². The largest absolute Gasteiger partial charge is 0.458 e. The van der Waals surface area contributed by atoms with Gasteiger partial charge in [-0.25, -0.2) is 4.79 Å². The van der Waals surface area contributed by atoms with Gasteiger partial charge < -0.3 is 34.7 Å². The molecule has 16 heteroatoms. The molecule has 1 aliphatic carbocycles. The molecule has 5 rings (SSSR count). The summed E-state index contributed by atoms with van der Waals surface area (Å²) in [5.74, 6) is -3.72. The molecule has 0 spiro atoms. The molecule has 13 nitrogen and oxygen atoms in total. The zero-order valence-corrected chi connectivity index (χ0v) is 30.2. The highest BCUT2D eigenvalue weighted by molar-refractivity contribution is 5.94. The van der Waals surface area contributed by atoms with Crippen LogP contribution in [0, 0.1) is 5.41 Å². The number of unbranched alkanes of at least 4 members (excludes halogenated alkanes) is 4. The van der Waals surface area contributed by atoms with Crippen LogP contribution < -0.4 is 10.6 Å². The Morgan fingerprint density at radius 3 is 2.40 bits per heavy atom. The Balaban J connectivity index is 1.45. The number of nitrogens with one attached hydrogen (secondary N) is 2. The fourth-order valence-electron chi connectivity index (χ4n) is 7.80. The quantitative estimate of drug-likeness (QED) is 0.107. The van der Waals surface area contributed by atoms with Gasteiger partial charge in [-0.15, -0.1) is 0 Å². The first-order chi connectivity index (χ1) is 25.4. The minimum Gasteiger partial charge on any atom is -0.458 e. The minimum atomic E-state index is -4.68. The van der Waals surface area contributed by atoms with Crippen molar-refractivity contribution in [1.29, 1.82) is 0 Å². The second-order valence-electron chi connectivity index (χ2n) is 14.0. The van der Waals surface area contributed by atoms with Crippen molar-refractivity contribution in [2.75, 3.05) is 26.3 Å². The van der Waals surface area contributed by atoms with Gasteiger partial charge in [-0.3, -0.25) is 19.2 Å². The SMILES string of the molecule is CCCCCC1(CCCCC)O[C@@H]2[C@H](O1)[C@H]1ON(Cc3ccccc3C=CC(=O)OCC(F)(F)F)[C@@H]3C(=O)O[C@@H]2C[C@]13C(=O)NCCC(=O)NCCO. The topological polar surface area (TPSA) is 162 Å². The average Bonchev–Trinajstić information content (AvgIpc) is 3.67. The van der Waals surface area contributed by atoms with E-state index in [9.17, 15) is 32.3 Å². The molecular formula is C37H50F3N3O10. The Hall–Kier alpha value is -3.57. The van der Waals surface area contributed by atoms with Crippen molar-refractivity contribution >= 4 is 29.8 Å². The van der Waals surface area contributed by atoms with Crippen LogP contribution in [-0.4, -0.2) is 103 Å². The van der Waals surface area contributed by atoms with Crippen LogP contribution in [0.3, 0.4) is 0 Å². The summed E-state index contributed by atoms with van der Waals surface area (Å²) in [6.07, 6.45) is 1.12. The second kappa shape index (κ2) is 17.7. The Morgan fingerprint density at radius 1 is 1.02 bits per heavy atom. The molecule has 53 heavy (non-hydrogen) atoms. The highest BCUT2D eigenvalue weighted by Crippen LogP contribution is 2.58. The van der Waals surface area contributed by atoms with E-state index < -0.39 is 72.3 Å². The third-order valence-corrected chi connectivity index (χ3v) is 10.2. The molecule has 2 amide bonds. The summed E-state index contributed by atoms with van der Waals surface area (Å²) in [7, 11) is 0. The molecule has 2 bridgehead atoms. The van der Waals surface area contributed by atoms with Crippen molar-refractivity contribution < 1.29 is 61.2 Å². The minimum absolute atomic E-state index is 0.0432. The molecule has 294 valence electrons. The summed E-state index contributed by atoms with van der Waals surface area (Å²) in [5, 5.41) is 15.8. The van der Waals surface area contributed by atoms with E-state index in [4.69, 9.17) is 24.2 Å². The predicted molar refractivity (Wildman–Crippen MR) is 182 cm³/mol. The van der Waals surface area contributed by atoms with E-state index in [0.717, 1.165) is 44.6 Å². The smallest absolute Gasteiger partial charge is 0.422 e. The molecule has 0 unspecified atom stereocenters. The Labute approximate surface area is 306 Å². The number of rotatable bonds is 19. The highest BCUT2D eigenvalue weighted by Gasteiger charge is 2.76. The van der Waals surface area contributed by atoms with E-state index in [1.54, 1.807) is 24.3 Å². The van der Waals surface area contributed by atoms with E-state index in [0.29, 0.717) is 24.0 Å². The van der Waals surface area contributed by atoms with Crippen LogP contribution in [-0.2, 0) is 49.5 Å². The number of amides is 2. The predicted octanol–water partition coefficient (Wildman–Crippen LogP) is 3.86. The fourth-order valence-corrected chi connectivity index (χ4v) is 7.80. The summed E-state index contributed by atoms with van der Waals surface area (Å²) in [6, 6.07) is 5.48. The van der Waals surface area contributed by atoms with Gasteiger partial charge in [-0.05, 0) is 30.0 Å². The number of benzene rings is 1. The molecule has 6 atom stereocenters. The Bertz CT molecular complexity index is 1480.